The van der Waals surface area contributed by atoms with Crippen LogP contribution in [0.1, 0.15) is 31.1 Å². The molecule has 2 aromatic rings. The topological polar surface area (TPSA) is 74.8 Å². The first kappa shape index (κ1) is 11.8. The maximum Gasteiger partial charge on any atom is 0.257 e. The summed E-state index contributed by atoms with van der Waals surface area (Å²) in [6.07, 6.45) is 1.41. The predicted molar refractivity (Wildman–Crippen MR) is 67.5 cm³/mol. The van der Waals surface area contributed by atoms with Crippen LogP contribution in [-0.4, -0.2) is 21.4 Å². The van der Waals surface area contributed by atoms with Crippen LogP contribution < -0.4 is 10.7 Å². The Labute approximate surface area is 102 Å². The molecule has 2 heterocycles. The Bertz CT molecular complexity index is 621. The second-order valence-electron chi connectivity index (χ2n) is 4.77. The van der Waals surface area contributed by atoms with Crippen molar-refractivity contribution in [3.8, 4) is 0 Å². The van der Waals surface area contributed by atoms with Gasteiger partial charge in [-0.25, -0.2) is 4.98 Å². The average molecular weight is 251 g/mol. The number of carbonyl (C=O) groups is 1. The van der Waals surface area contributed by atoms with Gasteiger partial charge in [-0.05, 0) is 20.8 Å². The highest BCUT2D eigenvalue weighted by Crippen LogP contribution is 2.11. The zero-order valence-electron chi connectivity index (χ0n) is 9.83. The molecule has 0 aliphatic rings. The van der Waals surface area contributed by atoms with Gasteiger partial charge in [-0.2, -0.15) is 0 Å². The quantitative estimate of drug-likeness (QED) is 0.806. The molecule has 0 aromatic carbocycles. The molecule has 1 amide bonds. The number of amides is 1. The summed E-state index contributed by atoms with van der Waals surface area (Å²) in [6.45, 7) is 5.60. The molecule has 2 rings (SSSR count). The monoisotopic (exact) mass is 251 g/mol. The van der Waals surface area contributed by atoms with Gasteiger partial charge in [-0.15, -0.1) is 11.3 Å². The van der Waals surface area contributed by atoms with Crippen LogP contribution in [-0.2, 0) is 0 Å². The first-order chi connectivity index (χ1) is 7.88. The van der Waals surface area contributed by atoms with E-state index >= 15 is 0 Å². The Morgan fingerprint density at radius 2 is 2.18 bits per heavy atom. The van der Waals surface area contributed by atoms with Gasteiger partial charge in [0.1, 0.15) is 10.3 Å². The molecule has 0 atom stereocenters. The third-order valence-corrected chi connectivity index (χ3v) is 2.93. The number of carbonyl (C=O) groups excluding carboxylic acids is 1. The number of fused-ring (bicyclic) bond motifs is 1. The lowest BCUT2D eigenvalue weighted by atomic mass is 10.1. The molecule has 5 nitrogen and oxygen atoms in total. The van der Waals surface area contributed by atoms with Crippen molar-refractivity contribution in [2.24, 2.45) is 0 Å². The molecule has 0 unspecified atom stereocenters. The molecule has 0 bridgehead atoms. The van der Waals surface area contributed by atoms with E-state index in [-0.39, 0.29) is 22.4 Å². The number of nitrogens with one attached hydrogen (secondary N) is 2. The van der Waals surface area contributed by atoms with Crippen LogP contribution in [0, 0.1) is 0 Å². The number of hydrogen-bond donors (Lipinski definition) is 2. The lowest BCUT2D eigenvalue weighted by Crippen LogP contribution is -2.42. The Hall–Kier alpha value is -1.69. The fourth-order valence-electron chi connectivity index (χ4n) is 1.42. The van der Waals surface area contributed by atoms with Crippen molar-refractivity contribution in [1.29, 1.82) is 0 Å². The molecule has 17 heavy (non-hydrogen) atoms. The van der Waals surface area contributed by atoms with Crippen molar-refractivity contribution in [3.63, 3.8) is 0 Å². The number of nitrogens with zero attached hydrogens (tertiary/aromatic N) is 1. The molecule has 6 heteroatoms. The maximum absolute atomic E-state index is 12.0. The van der Waals surface area contributed by atoms with Crippen molar-refractivity contribution < 1.29 is 4.79 Å². The molecule has 2 N–H and O–H groups in total. The second kappa shape index (κ2) is 3.96. The molecular formula is C11H13N3O2S. The van der Waals surface area contributed by atoms with Gasteiger partial charge in [-0.1, -0.05) is 0 Å². The average Bonchev–Trinajstić information content (AvgIpc) is 2.63. The van der Waals surface area contributed by atoms with Gasteiger partial charge in [0, 0.05) is 11.7 Å². The van der Waals surface area contributed by atoms with Crippen molar-refractivity contribution in [1.82, 2.24) is 15.3 Å². The summed E-state index contributed by atoms with van der Waals surface area (Å²) in [4.78, 5) is 30.7. The van der Waals surface area contributed by atoms with Crippen molar-refractivity contribution in [2.45, 2.75) is 26.3 Å². The van der Waals surface area contributed by atoms with E-state index in [0.717, 1.165) is 0 Å². The molecule has 90 valence electrons. The summed E-state index contributed by atoms with van der Waals surface area (Å²) < 4.78 is 0.478. The largest absolute Gasteiger partial charge is 0.347 e. The normalized spacial score (nSPS) is 11.7. The number of H-pyrrole nitrogens is 1. The second-order valence-corrected chi connectivity index (χ2v) is 5.62. The van der Waals surface area contributed by atoms with Crippen LogP contribution in [0.25, 0.3) is 10.3 Å². The summed E-state index contributed by atoms with van der Waals surface area (Å²) in [7, 11) is 0. The van der Waals surface area contributed by atoms with Crippen LogP contribution in [0.3, 0.4) is 0 Å². The Kier molecular flexibility index (Phi) is 2.74. The highest BCUT2D eigenvalue weighted by atomic mass is 32.1. The SMILES string of the molecule is CC(C)(C)NC(=O)c1c[nH]c2ncsc2c1=O. The van der Waals surface area contributed by atoms with Crippen LogP contribution in [0.15, 0.2) is 16.5 Å². The smallest absolute Gasteiger partial charge is 0.257 e. The minimum atomic E-state index is -0.369. The molecule has 0 spiro atoms. The molecule has 0 aliphatic heterocycles. The maximum atomic E-state index is 12.0. The zero-order valence-corrected chi connectivity index (χ0v) is 10.6. The minimum Gasteiger partial charge on any atom is -0.347 e. The van der Waals surface area contributed by atoms with Crippen molar-refractivity contribution >= 4 is 27.6 Å². The van der Waals surface area contributed by atoms with Gasteiger partial charge in [0.05, 0.1) is 5.51 Å². The summed E-state index contributed by atoms with van der Waals surface area (Å²) in [5, 5.41) is 2.76. The molecule has 2 aromatic heterocycles. The van der Waals surface area contributed by atoms with Crippen LogP contribution in [0.5, 0.6) is 0 Å². The van der Waals surface area contributed by atoms with Crippen LogP contribution in [0.2, 0.25) is 0 Å². The van der Waals surface area contributed by atoms with E-state index in [2.05, 4.69) is 15.3 Å². The molecular weight excluding hydrogens is 238 g/mol. The Morgan fingerprint density at radius 1 is 1.47 bits per heavy atom. The first-order valence-electron chi connectivity index (χ1n) is 5.16. The number of rotatable bonds is 1. The van der Waals surface area contributed by atoms with E-state index in [0.29, 0.717) is 10.3 Å². The van der Waals surface area contributed by atoms with Crippen molar-refractivity contribution in [3.05, 3.63) is 27.5 Å². The molecule has 0 aliphatic carbocycles. The van der Waals surface area contributed by atoms with Gasteiger partial charge in [0.2, 0.25) is 5.43 Å². The number of aromatic amines is 1. The third-order valence-electron chi connectivity index (χ3n) is 2.10. The van der Waals surface area contributed by atoms with Gasteiger partial charge >= 0.3 is 0 Å². The first-order valence-corrected chi connectivity index (χ1v) is 6.04. The minimum absolute atomic E-state index is 0.122. The van der Waals surface area contributed by atoms with Crippen LogP contribution in [0.4, 0.5) is 0 Å². The van der Waals surface area contributed by atoms with Crippen molar-refractivity contribution in [2.75, 3.05) is 0 Å². The van der Waals surface area contributed by atoms with E-state index in [4.69, 9.17) is 0 Å². The summed E-state index contributed by atoms with van der Waals surface area (Å²) in [6, 6.07) is 0. The number of hydrogen-bond acceptors (Lipinski definition) is 4. The molecule has 0 saturated carbocycles. The summed E-state index contributed by atoms with van der Waals surface area (Å²) >= 11 is 1.23. The lowest BCUT2D eigenvalue weighted by Gasteiger charge is -2.20. The Morgan fingerprint density at radius 3 is 2.82 bits per heavy atom. The number of thiazole rings is 1. The molecule has 0 radical (unpaired) electrons. The fourth-order valence-corrected chi connectivity index (χ4v) is 2.12. The van der Waals surface area contributed by atoms with Gasteiger partial charge in [-0.3, -0.25) is 9.59 Å². The third kappa shape index (κ3) is 2.36. The molecule has 0 fully saturated rings. The van der Waals surface area contributed by atoms with E-state index in [1.807, 2.05) is 20.8 Å². The van der Waals surface area contributed by atoms with E-state index in [1.165, 1.54) is 17.5 Å². The number of aromatic nitrogens is 2. The van der Waals surface area contributed by atoms with Crippen LogP contribution >= 0.6 is 11.3 Å². The van der Waals surface area contributed by atoms with Gasteiger partial charge in [0.15, 0.2) is 5.65 Å². The van der Waals surface area contributed by atoms with E-state index in [1.54, 1.807) is 5.51 Å². The van der Waals surface area contributed by atoms with E-state index < -0.39 is 0 Å². The van der Waals surface area contributed by atoms with Gasteiger partial charge < -0.3 is 10.3 Å². The zero-order chi connectivity index (χ0) is 12.6. The summed E-state index contributed by atoms with van der Waals surface area (Å²) in [5.74, 6) is -0.367. The highest BCUT2D eigenvalue weighted by Gasteiger charge is 2.19. The predicted octanol–water partition coefficient (Wildman–Crippen LogP) is 1.51. The lowest BCUT2D eigenvalue weighted by molar-refractivity contribution is 0.0918. The molecule has 0 saturated heterocycles. The Balaban J connectivity index is 2.46. The standard InChI is InChI=1S/C11H13N3O2S/c1-11(2,3)14-10(16)6-4-12-9-8(7(6)15)17-5-13-9/h4-5H,1-3H3,(H,12,15)(H,14,16). The van der Waals surface area contributed by atoms with E-state index in [9.17, 15) is 9.59 Å². The highest BCUT2D eigenvalue weighted by molar-refractivity contribution is 7.16. The fraction of sp³-hybridized carbons (Fsp3) is 0.364. The number of pyridine rings is 1. The van der Waals surface area contributed by atoms with Gasteiger partial charge in [0.25, 0.3) is 5.91 Å². The summed E-state index contributed by atoms with van der Waals surface area (Å²) in [5.41, 5.74) is 1.58.